The number of amides is 3. The van der Waals surface area contributed by atoms with Crippen molar-refractivity contribution in [3.05, 3.63) is 106 Å². The zero-order valence-electron chi connectivity index (χ0n) is 20.0. The summed E-state index contributed by atoms with van der Waals surface area (Å²) in [5.74, 6) is -2.13. The standard InChI is InChI=1S/C28H24ClN3O5/c1-2-37-28(36)19-11-13-22(14-12-19)32-26(34)23(29)24(27(32)35)31-21-10-6-9-20(17-21)25(33)30-16-15-18-7-4-3-5-8-18/h3-14,17,31H,2,15-16H2,1H3,(H,30,33). The quantitative estimate of drug-likeness (QED) is 0.324. The minimum atomic E-state index is -0.701. The molecule has 0 saturated heterocycles. The van der Waals surface area contributed by atoms with E-state index < -0.39 is 17.8 Å². The van der Waals surface area contributed by atoms with Crippen molar-refractivity contribution in [3.63, 3.8) is 0 Å². The van der Waals surface area contributed by atoms with E-state index in [0.29, 0.717) is 29.8 Å². The van der Waals surface area contributed by atoms with Gasteiger partial charge in [0, 0.05) is 17.8 Å². The Balaban J connectivity index is 1.43. The number of benzene rings is 3. The van der Waals surface area contributed by atoms with E-state index in [1.54, 1.807) is 31.2 Å². The highest BCUT2D eigenvalue weighted by Gasteiger charge is 2.39. The number of nitrogens with zero attached hydrogens (tertiary/aromatic N) is 1. The maximum absolute atomic E-state index is 13.1. The van der Waals surface area contributed by atoms with Crippen LogP contribution < -0.4 is 15.5 Å². The zero-order chi connectivity index (χ0) is 26.4. The van der Waals surface area contributed by atoms with E-state index in [-0.39, 0.29) is 28.9 Å². The van der Waals surface area contributed by atoms with Crippen LogP contribution >= 0.6 is 11.6 Å². The van der Waals surface area contributed by atoms with E-state index >= 15 is 0 Å². The first-order chi connectivity index (χ1) is 17.9. The van der Waals surface area contributed by atoms with Crippen molar-refractivity contribution < 1.29 is 23.9 Å². The van der Waals surface area contributed by atoms with Crippen molar-refractivity contribution in [3.8, 4) is 0 Å². The molecule has 37 heavy (non-hydrogen) atoms. The SMILES string of the molecule is CCOC(=O)c1ccc(N2C(=O)C(Cl)=C(Nc3cccc(C(=O)NCCc4ccccc4)c3)C2=O)cc1. The molecule has 3 aromatic carbocycles. The highest BCUT2D eigenvalue weighted by molar-refractivity contribution is 6.53. The van der Waals surface area contributed by atoms with Gasteiger partial charge in [-0.1, -0.05) is 48.0 Å². The molecule has 0 bridgehead atoms. The predicted octanol–water partition coefficient (Wildman–Crippen LogP) is 4.27. The van der Waals surface area contributed by atoms with Crippen LogP contribution in [0.4, 0.5) is 11.4 Å². The van der Waals surface area contributed by atoms with E-state index in [0.717, 1.165) is 10.5 Å². The van der Waals surface area contributed by atoms with Crippen LogP contribution in [0.15, 0.2) is 89.6 Å². The molecule has 4 rings (SSSR count). The fraction of sp³-hybridized carbons (Fsp3) is 0.143. The second kappa shape index (κ2) is 11.5. The predicted molar refractivity (Wildman–Crippen MR) is 140 cm³/mol. The third kappa shape index (κ3) is 5.87. The van der Waals surface area contributed by atoms with Gasteiger partial charge in [0.15, 0.2) is 0 Å². The summed E-state index contributed by atoms with van der Waals surface area (Å²) in [5.41, 5.74) is 2.36. The average Bonchev–Trinajstić information content (AvgIpc) is 3.12. The van der Waals surface area contributed by atoms with Gasteiger partial charge in [0.2, 0.25) is 0 Å². The van der Waals surface area contributed by atoms with E-state index in [1.807, 2.05) is 30.3 Å². The molecule has 0 unspecified atom stereocenters. The van der Waals surface area contributed by atoms with Crippen molar-refractivity contribution in [2.45, 2.75) is 13.3 Å². The van der Waals surface area contributed by atoms with Gasteiger partial charge < -0.3 is 15.4 Å². The first kappa shape index (κ1) is 25.7. The van der Waals surface area contributed by atoms with Gasteiger partial charge in [-0.3, -0.25) is 14.4 Å². The molecular weight excluding hydrogens is 494 g/mol. The lowest BCUT2D eigenvalue weighted by molar-refractivity contribution is -0.120. The number of carbonyl (C=O) groups is 4. The summed E-state index contributed by atoms with van der Waals surface area (Å²) in [4.78, 5) is 51.3. The molecule has 0 fully saturated rings. The van der Waals surface area contributed by atoms with E-state index in [4.69, 9.17) is 16.3 Å². The number of hydrogen-bond donors (Lipinski definition) is 2. The molecule has 2 N–H and O–H groups in total. The molecule has 1 aliphatic rings. The molecule has 1 aliphatic heterocycles. The number of nitrogens with one attached hydrogen (secondary N) is 2. The summed E-state index contributed by atoms with van der Waals surface area (Å²) in [5, 5.41) is 5.47. The second-order valence-corrected chi connectivity index (χ2v) is 8.48. The molecule has 0 radical (unpaired) electrons. The number of carbonyl (C=O) groups excluding carboxylic acids is 4. The van der Waals surface area contributed by atoms with E-state index in [2.05, 4.69) is 10.6 Å². The topological polar surface area (TPSA) is 105 Å². The Morgan fingerprint density at radius 3 is 2.32 bits per heavy atom. The molecular formula is C28H24ClN3O5. The molecule has 8 nitrogen and oxygen atoms in total. The summed E-state index contributed by atoms with van der Waals surface area (Å²) in [6.07, 6.45) is 0.695. The van der Waals surface area contributed by atoms with Crippen LogP contribution in [0.2, 0.25) is 0 Å². The normalized spacial score (nSPS) is 13.1. The minimum Gasteiger partial charge on any atom is -0.462 e. The van der Waals surface area contributed by atoms with Crippen molar-refractivity contribution in [2.75, 3.05) is 23.4 Å². The molecule has 0 aromatic heterocycles. The molecule has 9 heteroatoms. The summed E-state index contributed by atoms with van der Waals surface area (Å²) < 4.78 is 4.95. The molecule has 0 atom stereocenters. The van der Waals surface area contributed by atoms with Gasteiger partial charge >= 0.3 is 5.97 Å². The minimum absolute atomic E-state index is 0.109. The lowest BCUT2D eigenvalue weighted by Gasteiger charge is -2.15. The summed E-state index contributed by atoms with van der Waals surface area (Å²) in [6.45, 7) is 2.40. The highest BCUT2D eigenvalue weighted by Crippen LogP contribution is 2.30. The van der Waals surface area contributed by atoms with Crippen molar-refractivity contribution >= 4 is 46.7 Å². The number of imide groups is 1. The first-order valence-electron chi connectivity index (χ1n) is 11.6. The fourth-order valence-corrected chi connectivity index (χ4v) is 3.97. The molecule has 1 heterocycles. The number of rotatable bonds is 9. The molecule has 0 saturated carbocycles. The largest absolute Gasteiger partial charge is 0.462 e. The number of esters is 1. The van der Waals surface area contributed by atoms with Crippen LogP contribution in [0.1, 0.15) is 33.2 Å². The summed E-state index contributed by atoms with van der Waals surface area (Å²) in [7, 11) is 0. The molecule has 3 aromatic rings. The molecule has 0 aliphatic carbocycles. The summed E-state index contributed by atoms with van der Waals surface area (Å²) >= 11 is 6.22. The third-order valence-corrected chi connectivity index (χ3v) is 5.95. The third-order valence-electron chi connectivity index (χ3n) is 5.60. The Hall–Kier alpha value is -4.43. The lowest BCUT2D eigenvalue weighted by atomic mass is 10.1. The second-order valence-electron chi connectivity index (χ2n) is 8.10. The lowest BCUT2D eigenvalue weighted by Crippen LogP contribution is -2.32. The Kier molecular flexibility index (Phi) is 8.00. The average molecular weight is 518 g/mol. The monoisotopic (exact) mass is 517 g/mol. The van der Waals surface area contributed by atoms with Crippen LogP contribution in [-0.2, 0) is 20.7 Å². The first-order valence-corrected chi connectivity index (χ1v) is 12.0. The number of anilines is 2. The maximum Gasteiger partial charge on any atom is 0.338 e. The van der Waals surface area contributed by atoms with Gasteiger partial charge in [0.25, 0.3) is 17.7 Å². The molecule has 0 spiro atoms. The Morgan fingerprint density at radius 2 is 1.62 bits per heavy atom. The van der Waals surface area contributed by atoms with Crippen LogP contribution in [-0.4, -0.2) is 36.8 Å². The van der Waals surface area contributed by atoms with Crippen molar-refractivity contribution in [1.82, 2.24) is 5.32 Å². The van der Waals surface area contributed by atoms with Gasteiger partial charge in [-0.05, 0) is 61.4 Å². The van der Waals surface area contributed by atoms with Crippen molar-refractivity contribution in [1.29, 1.82) is 0 Å². The smallest absolute Gasteiger partial charge is 0.338 e. The van der Waals surface area contributed by atoms with Crippen LogP contribution in [0.25, 0.3) is 0 Å². The van der Waals surface area contributed by atoms with Gasteiger partial charge in [0.1, 0.15) is 10.7 Å². The number of hydrogen-bond acceptors (Lipinski definition) is 6. The Morgan fingerprint density at radius 1 is 0.892 bits per heavy atom. The Bertz CT molecular complexity index is 1370. The number of ether oxygens (including phenoxy) is 1. The van der Waals surface area contributed by atoms with Gasteiger partial charge in [-0.15, -0.1) is 0 Å². The summed E-state index contributed by atoms with van der Waals surface area (Å²) in [6, 6.07) is 22.2. The van der Waals surface area contributed by atoms with Crippen molar-refractivity contribution in [2.24, 2.45) is 0 Å². The molecule has 3 amide bonds. The number of halogens is 1. The maximum atomic E-state index is 13.1. The van der Waals surface area contributed by atoms with Crippen LogP contribution in [0.3, 0.4) is 0 Å². The van der Waals surface area contributed by atoms with Gasteiger partial charge in [-0.25, -0.2) is 9.69 Å². The van der Waals surface area contributed by atoms with Crippen LogP contribution in [0.5, 0.6) is 0 Å². The zero-order valence-corrected chi connectivity index (χ0v) is 20.7. The van der Waals surface area contributed by atoms with Crippen LogP contribution in [0, 0.1) is 0 Å². The van der Waals surface area contributed by atoms with Gasteiger partial charge in [-0.2, -0.15) is 0 Å². The van der Waals surface area contributed by atoms with E-state index in [9.17, 15) is 19.2 Å². The van der Waals surface area contributed by atoms with E-state index in [1.165, 1.54) is 24.3 Å². The molecule has 188 valence electrons. The van der Waals surface area contributed by atoms with Gasteiger partial charge in [0.05, 0.1) is 17.9 Å². The Labute approximate surface area is 218 Å². The fourth-order valence-electron chi connectivity index (χ4n) is 3.76. The highest BCUT2D eigenvalue weighted by atomic mass is 35.5.